The maximum Gasteiger partial charge on any atom is 0.0831 e. The smallest absolute Gasteiger partial charge is 0.0831 e. The van der Waals surface area contributed by atoms with Gasteiger partial charge in [0.05, 0.1) is 5.60 Å². The van der Waals surface area contributed by atoms with Crippen LogP contribution in [0.1, 0.15) is 46.5 Å². The van der Waals surface area contributed by atoms with Crippen molar-refractivity contribution in [2.75, 3.05) is 13.7 Å². The summed E-state index contributed by atoms with van der Waals surface area (Å²) in [5, 5.41) is 3.47. The van der Waals surface area contributed by atoms with Gasteiger partial charge in [-0.05, 0) is 45.6 Å². The first kappa shape index (κ1) is 12.0. The van der Waals surface area contributed by atoms with Crippen LogP contribution in [0.25, 0.3) is 0 Å². The van der Waals surface area contributed by atoms with Gasteiger partial charge in [0.1, 0.15) is 0 Å². The molecular formula is C12H25NO. The summed E-state index contributed by atoms with van der Waals surface area (Å²) in [5.41, 5.74) is 0.0741. The Morgan fingerprint density at radius 3 is 2.14 bits per heavy atom. The predicted molar refractivity (Wildman–Crippen MR) is 60.5 cm³/mol. The summed E-state index contributed by atoms with van der Waals surface area (Å²) in [5.74, 6) is 0.853. The van der Waals surface area contributed by atoms with Crippen LogP contribution in [0.2, 0.25) is 0 Å². The van der Waals surface area contributed by atoms with Crippen LogP contribution in [0.15, 0.2) is 0 Å². The van der Waals surface area contributed by atoms with Crippen molar-refractivity contribution in [3.8, 4) is 0 Å². The zero-order valence-corrected chi connectivity index (χ0v) is 10.1. The molecule has 2 heteroatoms. The maximum atomic E-state index is 6.02. The van der Waals surface area contributed by atoms with Crippen LogP contribution in [0.5, 0.6) is 0 Å². The van der Waals surface area contributed by atoms with E-state index in [0.29, 0.717) is 6.04 Å². The number of hydrogen-bond acceptors (Lipinski definition) is 2. The summed E-state index contributed by atoms with van der Waals surface area (Å²) in [4.78, 5) is 0. The van der Waals surface area contributed by atoms with Crippen molar-refractivity contribution in [1.82, 2.24) is 5.32 Å². The van der Waals surface area contributed by atoms with Crippen LogP contribution >= 0.6 is 0 Å². The highest BCUT2D eigenvalue weighted by molar-refractivity contribution is 4.99. The van der Waals surface area contributed by atoms with Gasteiger partial charge in [0.25, 0.3) is 0 Å². The van der Waals surface area contributed by atoms with Gasteiger partial charge in [-0.3, -0.25) is 0 Å². The van der Waals surface area contributed by atoms with Crippen LogP contribution in [-0.4, -0.2) is 25.3 Å². The van der Waals surface area contributed by atoms with Gasteiger partial charge in [-0.25, -0.2) is 0 Å². The molecule has 1 aliphatic carbocycles. The third-order valence-electron chi connectivity index (χ3n) is 3.60. The van der Waals surface area contributed by atoms with E-state index in [1.807, 2.05) is 0 Å². The van der Waals surface area contributed by atoms with Crippen molar-refractivity contribution >= 4 is 0 Å². The molecule has 1 N–H and O–H groups in total. The van der Waals surface area contributed by atoms with E-state index in [-0.39, 0.29) is 5.60 Å². The monoisotopic (exact) mass is 199 g/mol. The average Bonchev–Trinajstić information content (AvgIpc) is 3.01. The second-order valence-corrected chi connectivity index (χ2v) is 4.31. The molecule has 84 valence electrons. The molecule has 0 aromatic heterocycles. The molecule has 1 unspecified atom stereocenters. The second kappa shape index (κ2) is 5.13. The number of likely N-dealkylation sites (N-methyl/N-ethyl adjacent to an activating group) is 1. The Bertz CT molecular complexity index is 162. The Hall–Kier alpha value is -0.0800. The van der Waals surface area contributed by atoms with Gasteiger partial charge >= 0.3 is 0 Å². The van der Waals surface area contributed by atoms with Crippen LogP contribution in [0, 0.1) is 5.92 Å². The van der Waals surface area contributed by atoms with Gasteiger partial charge in [-0.15, -0.1) is 0 Å². The van der Waals surface area contributed by atoms with Gasteiger partial charge < -0.3 is 10.1 Å². The molecule has 0 heterocycles. The van der Waals surface area contributed by atoms with E-state index in [0.717, 1.165) is 25.4 Å². The summed E-state index contributed by atoms with van der Waals surface area (Å²) in [7, 11) is 2.07. The Morgan fingerprint density at radius 2 is 1.86 bits per heavy atom. The first-order valence-corrected chi connectivity index (χ1v) is 6.05. The molecule has 14 heavy (non-hydrogen) atoms. The van der Waals surface area contributed by atoms with E-state index < -0.39 is 0 Å². The molecular weight excluding hydrogens is 174 g/mol. The van der Waals surface area contributed by atoms with Crippen molar-refractivity contribution in [2.24, 2.45) is 5.92 Å². The molecule has 1 aliphatic rings. The van der Waals surface area contributed by atoms with Crippen LogP contribution in [0.4, 0.5) is 0 Å². The molecule has 0 saturated heterocycles. The molecule has 0 bridgehead atoms. The summed E-state index contributed by atoms with van der Waals surface area (Å²) < 4.78 is 6.02. The molecule has 0 aromatic carbocycles. The second-order valence-electron chi connectivity index (χ2n) is 4.31. The van der Waals surface area contributed by atoms with E-state index in [2.05, 4.69) is 33.1 Å². The normalized spacial score (nSPS) is 19.7. The Morgan fingerprint density at radius 1 is 1.29 bits per heavy atom. The quantitative estimate of drug-likeness (QED) is 0.680. The lowest BCUT2D eigenvalue weighted by atomic mass is 9.85. The minimum Gasteiger partial charge on any atom is -0.374 e. The fourth-order valence-corrected chi connectivity index (χ4v) is 2.63. The van der Waals surface area contributed by atoms with Gasteiger partial charge in [-0.1, -0.05) is 13.8 Å². The van der Waals surface area contributed by atoms with Gasteiger partial charge in [0, 0.05) is 12.6 Å². The lowest BCUT2D eigenvalue weighted by Crippen LogP contribution is -2.52. The number of ether oxygens (including phenoxy) is 1. The molecule has 2 nitrogen and oxygen atoms in total. The van der Waals surface area contributed by atoms with Crippen LogP contribution < -0.4 is 5.32 Å². The van der Waals surface area contributed by atoms with Crippen LogP contribution in [-0.2, 0) is 4.74 Å². The first-order valence-electron chi connectivity index (χ1n) is 6.05. The Balaban J connectivity index is 2.70. The molecule has 1 fully saturated rings. The molecule has 0 radical (unpaired) electrons. The van der Waals surface area contributed by atoms with Gasteiger partial charge in [-0.2, -0.15) is 0 Å². The number of nitrogens with one attached hydrogen (secondary N) is 1. The fraction of sp³-hybridized carbons (Fsp3) is 1.00. The molecule has 0 aliphatic heterocycles. The highest BCUT2D eigenvalue weighted by Crippen LogP contribution is 2.41. The predicted octanol–water partition coefficient (Wildman–Crippen LogP) is 2.58. The third-order valence-corrected chi connectivity index (χ3v) is 3.60. The molecule has 0 amide bonds. The van der Waals surface area contributed by atoms with Crippen molar-refractivity contribution < 1.29 is 4.74 Å². The SMILES string of the molecule is CCOC(CC)(CC)C(NC)C1CC1. The van der Waals surface area contributed by atoms with Crippen molar-refractivity contribution in [3.05, 3.63) is 0 Å². The van der Waals surface area contributed by atoms with Crippen molar-refractivity contribution in [1.29, 1.82) is 0 Å². The number of hydrogen-bond donors (Lipinski definition) is 1. The van der Waals surface area contributed by atoms with Crippen molar-refractivity contribution in [2.45, 2.75) is 58.1 Å². The standard InChI is InChI=1S/C12H25NO/c1-5-12(6-2,14-7-3)11(13-4)10-8-9-10/h10-11,13H,5-9H2,1-4H3. The lowest BCUT2D eigenvalue weighted by Gasteiger charge is -2.39. The molecule has 0 spiro atoms. The molecule has 1 rings (SSSR count). The number of rotatable bonds is 7. The fourth-order valence-electron chi connectivity index (χ4n) is 2.63. The average molecular weight is 199 g/mol. The largest absolute Gasteiger partial charge is 0.374 e. The molecule has 1 atom stereocenters. The third kappa shape index (κ3) is 2.29. The zero-order valence-electron chi connectivity index (χ0n) is 10.1. The molecule has 0 aromatic rings. The zero-order chi connectivity index (χ0) is 10.6. The molecule has 1 saturated carbocycles. The maximum absolute atomic E-state index is 6.02. The van der Waals surface area contributed by atoms with Gasteiger partial charge in [0.2, 0.25) is 0 Å². The van der Waals surface area contributed by atoms with E-state index in [1.165, 1.54) is 12.8 Å². The highest BCUT2D eigenvalue weighted by Gasteiger charge is 2.44. The summed E-state index contributed by atoms with van der Waals surface area (Å²) >= 11 is 0. The van der Waals surface area contributed by atoms with E-state index in [9.17, 15) is 0 Å². The summed E-state index contributed by atoms with van der Waals surface area (Å²) in [6.07, 6.45) is 4.97. The highest BCUT2D eigenvalue weighted by atomic mass is 16.5. The Kier molecular flexibility index (Phi) is 4.39. The van der Waals surface area contributed by atoms with Crippen LogP contribution in [0.3, 0.4) is 0 Å². The first-order chi connectivity index (χ1) is 6.74. The minimum absolute atomic E-state index is 0.0741. The summed E-state index contributed by atoms with van der Waals surface area (Å²) in [6, 6.07) is 0.553. The Labute approximate surface area is 88.4 Å². The van der Waals surface area contributed by atoms with Crippen molar-refractivity contribution in [3.63, 3.8) is 0 Å². The minimum atomic E-state index is 0.0741. The van der Waals surface area contributed by atoms with Gasteiger partial charge in [0.15, 0.2) is 0 Å². The topological polar surface area (TPSA) is 21.3 Å². The van der Waals surface area contributed by atoms with E-state index >= 15 is 0 Å². The summed E-state index contributed by atoms with van der Waals surface area (Å²) in [6.45, 7) is 7.41. The van der Waals surface area contributed by atoms with E-state index in [1.54, 1.807) is 0 Å². The lowest BCUT2D eigenvalue weighted by molar-refractivity contribution is -0.0754. The van der Waals surface area contributed by atoms with E-state index in [4.69, 9.17) is 4.74 Å².